The molecule has 4 atom stereocenters. The number of hydrogen-bond donors (Lipinski definition) is 1. The predicted molar refractivity (Wildman–Crippen MR) is 130 cm³/mol. The minimum atomic E-state index is -0.442. The van der Waals surface area contributed by atoms with Gasteiger partial charge in [0.25, 0.3) is 5.91 Å². The Labute approximate surface area is 197 Å². The summed E-state index contributed by atoms with van der Waals surface area (Å²) in [5.41, 5.74) is 1.77. The van der Waals surface area contributed by atoms with Gasteiger partial charge in [-0.05, 0) is 74.4 Å². The summed E-state index contributed by atoms with van der Waals surface area (Å²) in [6, 6.07) is 17.9. The van der Waals surface area contributed by atoms with Crippen LogP contribution < -0.4 is 4.74 Å². The van der Waals surface area contributed by atoms with E-state index < -0.39 is 6.10 Å². The number of fused-ring (bicyclic) bond motifs is 1. The number of aliphatic hydroxyl groups excluding tert-OH is 1. The number of likely N-dealkylation sites (tertiary alicyclic amines) is 1. The van der Waals surface area contributed by atoms with Crippen molar-refractivity contribution >= 4 is 5.91 Å². The van der Waals surface area contributed by atoms with E-state index in [1.165, 1.54) is 18.4 Å². The average molecular weight is 449 g/mol. The zero-order valence-corrected chi connectivity index (χ0v) is 19.8. The number of ether oxygens (including phenoxy) is 1. The molecule has 5 rings (SSSR count). The maximum Gasteiger partial charge on any atom is 0.253 e. The number of carbonyl (C=O) groups is 1. The lowest BCUT2D eigenvalue weighted by molar-refractivity contribution is -0.0618. The van der Waals surface area contributed by atoms with Crippen molar-refractivity contribution in [2.75, 3.05) is 33.8 Å². The number of methoxy groups -OCH3 is 1. The van der Waals surface area contributed by atoms with Gasteiger partial charge in [0.15, 0.2) is 0 Å². The molecule has 3 unspecified atom stereocenters. The molecule has 1 amide bonds. The fourth-order valence-electron chi connectivity index (χ4n) is 6.26. The van der Waals surface area contributed by atoms with Gasteiger partial charge in [0, 0.05) is 43.1 Å². The summed E-state index contributed by atoms with van der Waals surface area (Å²) in [4.78, 5) is 17.7. The predicted octanol–water partition coefficient (Wildman–Crippen LogP) is 3.96. The van der Waals surface area contributed by atoms with Crippen LogP contribution in [0, 0.1) is 11.8 Å². The molecule has 0 radical (unpaired) electrons. The Morgan fingerprint density at radius 3 is 2.70 bits per heavy atom. The van der Waals surface area contributed by atoms with E-state index in [9.17, 15) is 9.90 Å². The van der Waals surface area contributed by atoms with E-state index in [1.807, 2.05) is 48.3 Å². The Morgan fingerprint density at radius 2 is 1.97 bits per heavy atom. The van der Waals surface area contributed by atoms with Crippen molar-refractivity contribution in [3.8, 4) is 5.75 Å². The molecule has 1 N–H and O–H groups in total. The molecule has 3 aliphatic rings. The zero-order valence-electron chi connectivity index (χ0n) is 19.8. The largest absolute Gasteiger partial charge is 0.497 e. The van der Waals surface area contributed by atoms with Crippen LogP contribution in [0.25, 0.3) is 0 Å². The first-order valence-corrected chi connectivity index (χ1v) is 12.4. The van der Waals surface area contributed by atoms with Gasteiger partial charge in [-0.3, -0.25) is 4.79 Å². The molecular formula is C28H36N2O3. The number of hydrogen-bond acceptors (Lipinski definition) is 4. The van der Waals surface area contributed by atoms with E-state index in [2.05, 4.69) is 23.1 Å². The molecule has 2 saturated carbocycles. The average Bonchev–Trinajstić information content (AvgIpc) is 3.68. The number of benzene rings is 2. The second kappa shape index (κ2) is 9.11. The molecule has 33 heavy (non-hydrogen) atoms. The lowest BCUT2D eigenvalue weighted by atomic mass is 9.56. The molecule has 1 saturated heterocycles. The third-order valence-electron chi connectivity index (χ3n) is 8.36. The van der Waals surface area contributed by atoms with Crippen molar-refractivity contribution in [3.05, 3.63) is 65.7 Å². The highest BCUT2D eigenvalue weighted by molar-refractivity contribution is 5.94. The Morgan fingerprint density at radius 1 is 1.18 bits per heavy atom. The third kappa shape index (κ3) is 4.41. The molecule has 0 aromatic heterocycles. The van der Waals surface area contributed by atoms with Crippen molar-refractivity contribution in [2.45, 2.75) is 49.7 Å². The SMILES string of the molecule is COc1cccc(C23CCN(CC4CC4)CC2C(O)C[C@H](N(C)C(=O)c2ccccc2)C3)c1. The minimum absolute atomic E-state index is 0.00913. The fourth-order valence-corrected chi connectivity index (χ4v) is 6.26. The molecule has 2 aromatic carbocycles. The molecule has 2 aromatic rings. The highest BCUT2D eigenvalue weighted by Gasteiger charge is 2.53. The Bertz CT molecular complexity index is 976. The molecule has 5 nitrogen and oxygen atoms in total. The summed E-state index contributed by atoms with van der Waals surface area (Å²) >= 11 is 0. The van der Waals surface area contributed by atoms with Crippen molar-refractivity contribution < 1.29 is 14.6 Å². The lowest BCUT2D eigenvalue weighted by Gasteiger charge is -2.56. The minimum Gasteiger partial charge on any atom is -0.497 e. The number of piperidine rings is 1. The maximum atomic E-state index is 13.2. The number of aliphatic hydroxyl groups is 1. The van der Waals surface area contributed by atoms with Crippen LogP contribution in [0.1, 0.15) is 48.0 Å². The van der Waals surface area contributed by atoms with Gasteiger partial charge >= 0.3 is 0 Å². The maximum absolute atomic E-state index is 13.2. The standard InChI is InChI=1S/C28H36N2O3/c1-29(27(32)21-7-4-3-5-8-21)23-16-26(31)25-19-30(18-20-11-12-20)14-13-28(25,17-23)22-9-6-10-24(15-22)33-2/h3-10,15,20,23,25-26,31H,11-14,16-19H2,1-2H3/t23-,25?,26?,28?/m0/s1. The zero-order chi connectivity index (χ0) is 23.0. The van der Waals surface area contributed by atoms with Crippen molar-refractivity contribution in [1.82, 2.24) is 9.80 Å². The van der Waals surface area contributed by atoms with Crippen molar-refractivity contribution in [1.29, 1.82) is 0 Å². The van der Waals surface area contributed by atoms with E-state index in [0.717, 1.165) is 44.1 Å². The highest BCUT2D eigenvalue weighted by Crippen LogP contribution is 2.51. The summed E-state index contributed by atoms with van der Waals surface area (Å²) < 4.78 is 5.56. The van der Waals surface area contributed by atoms with Crippen LogP contribution in [0.2, 0.25) is 0 Å². The second-order valence-corrected chi connectivity index (χ2v) is 10.4. The Balaban J connectivity index is 1.46. The number of rotatable bonds is 6. The van der Waals surface area contributed by atoms with E-state index in [0.29, 0.717) is 12.0 Å². The van der Waals surface area contributed by atoms with Gasteiger partial charge in [-0.15, -0.1) is 0 Å². The number of carbonyl (C=O) groups excluding carboxylic acids is 1. The molecular weight excluding hydrogens is 412 g/mol. The van der Waals surface area contributed by atoms with Crippen LogP contribution >= 0.6 is 0 Å². The molecule has 1 aliphatic heterocycles. The molecule has 5 heteroatoms. The van der Waals surface area contributed by atoms with Crippen LogP contribution in [0.15, 0.2) is 54.6 Å². The second-order valence-electron chi connectivity index (χ2n) is 10.4. The first-order valence-electron chi connectivity index (χ1n) is 12.4. The van der Waals surface area contributed by atoms with Gasteiger partial charge in [-0.2, -0.15) is 0 Å². The van der Waals surface area contributed by atoms with Gasteiger partial charge in [0.1, 0.15) is 5.75 Å². The third-order valence-corrected chi connectivity index (χ3v) is 8.36. The van der Waals surface area contributed by atoms with Gasteiger partial charge in [-0.25, -0.2) is 0 Å². The van der Waals surface area contributed by atoms with Crippen molar-refractivity contribution in [3.63, 3.8) is 0 Å². The van der Waals surface area contributed by atoms with Crippen LogP contribution in [0.3, 0.4) is 0 Å². The molecule has 2 aliphatic carbocycles. The topological polar surface area (TPSA) is 53.0 Å². The van der Waals surface area contributed by atoms with E-state index in [4.69, 9.17) is 4.74 Å². The smallest absolute Gasteiger partial charge is 0.253 e. The van der Waals surface area contributed by atoms with Crippen LogP contribution in [0.4, 0.5) is 0 Å². The van der Waals surface area contributed by atoms with Gasteiger partial charge in [0.05, 0.1) is 13.2 Å². The van der Waals surface area contributed by atoms with Gasteiger partial charge in [-0.1, -0.05) is 30.3 Å². The first kappa shape index (κ1) is 22.4. The molecule has 0 spiro atoms. The Kier molecular flexibility index (Phi) is 6.19. The first-order chi connectivity index (χ1) is 16.0. The fraction of sp³-hybridized carbons (Fsp3) is 0.536. The van der Waals surface area contributed by atoms with Crippen LogP contribution in [0.5, 0.6) is 5.75 Å². The molecule has 0 bridgehead atoms. The number of nitrogens with zero attached hydrogens (tertiary/aromatic N) is 2. The lowest BCUT2D eigenvalue weighted by Crippen LogP contribution is -2.61. The summed E-state index contributed by atoms with van der Waals surface area (Å²) in [6.45, 7) is 3.13. The van der Waals surface area contributed by atoms with Gasteiger partial charge in [0.2, 0.25) is 0 Å². The van der Waals surface area contributed by atoms with Crippen LogP contribution in [-0.2, 0) is 5.41 Å². The van der Waals surface area contributed by atoms with Gasteiger partial charge < -0.3 is 19.6 Å². The monoisotopic (exact) mass is 448 g/mol. The summed E-state index contributed by atoms with van der Waals surface area (Å²) in [5.74, 6) is 1.88. The highest BCUT2D eigenvalue weighted by atomic mass is 16.5. The molecule has 3 fully saturated rings. The normalized spacial score (nSPS) is 29.8. The van der Waals surface area contributed by atoms with E-state index in [-0.39, 0.29) is 23.3 Å². The van der Waals surface area contributed by atoms with Crippen LogP contribution in [-0.4, -0.2) is 66.8 Å². The Hall–Kier alpha value is -2.37. The quantitative estimate of drug-likeness (QED) is 0.727. The van der Waals surface area contributed by atoms with Crippen molar-refractivity contribution in [2.24, 2.45) is 11.8 Å². The molecule has 1 heterocycles. The number of amides is 1. The molecule has 176 valence electrons. The van der Waals surface area contributed by atoms with E-state index in [1.54, 1.807) is 7.11 Å². The summed E-state index contributed by atoms with van der Waals surface area (Å²) in [5, 5.41) is 11.5. The summed E-state index contributed by atoms with van der Waals surface area (Å²) in [7, 11) is 3.60. The summed E-state index contributed by atoms with van der Waals surface area (Å²) in [6.07, 6.45) is 4.75. The van der Waals surface area contributed by atoms with E-state index >= 15 is 0 Å².